The summed E-state index contributed by atoms with van der Waals surface area (Å²) in [5, 5.41) is 0. The molecule has 36 heavy (non-hydrogen) atoms. The first-order valence-electron chi connectivity index (χ1n) is 14.6. The SMILES string of the molecule is CCCCCCCCN1CCCC1.CCCCCCCCN1CCCC1C.CS(=O)(=O)OS(C)(=O)=O. The Labute approximate surface area is 225 Å². The summed E-state index contributed by atoms with van der Waals surface area (Å²) in [4.78, 5) is 5.29. The summed E-state index contributed by atoms with van der Waals surface area (Å²) in [6.45, 7) is 13.8. The molecule has 2 heterocycles. The van der Waals surface area contributed by atoms with E-state index in [1.165, 1.54) is 135 Å². The molecule has 1 unspecified atom stereocenters. The van der Waals surface area contributed by atoms with Gasteiger partial charge in [-0.05, 0) is 78.2 Å². The van der Waals surface area contributed by atoms with E-state index in [1.54, 1.807) is 0 Å². The van der Waals surface area contributed by atoms with Gasteiger partial charge in [0.1, 0.15) is 0 Å². The number of hydrogen-bond acceptors (Lipinski definition) is 7. The summed E-state index contributed by atoms with van der Waals surface area (Å²) in [6, 6.07) is 0.866. The maximum Gasteiger partial charge on any atom is 0.278 e. The lowest BCUT2D eigenvalue weighted by molar-refractivity contribution is 0.262. The van der Waals surface area contributed by atoms with Crippen molar-refractivity contribution in [2.45, 2.75) is 130 Å². The lowest BCUT2D eigenvalue weighted by atomic mass is 10.1. The first-order chi connectivity index (χ1) is 17.0. The van der Waals surface area contributed by atoms with E-state index >= 15 is 0 Å². The minimum Gasteiger partial charge on any atom is -0.303 e. The Hall–Kier alpha value is -0.220. The summed E-state index contributed by atoms with van der Waals surface area (Å²) < 4.78 is 43.8. The molecule has 0 amide bonds. The van der Waals surface area contributed by atoms with Gasteiger partial charge in [-0.15, -0.1) is 3.63 Å². The standard InChI is InChI=1S/C13H27N.C12H25N.C2H6O5S2/c1-3-4-5-6-7-8-11-14-12-9-10-13(14)2;1-2-3-4-5-6-7-10-13-11-8-9-12-13;1-8(3,4)7-9(2,5)6/h13H,3-12H2,1-2H3;2-12H2,1H3;1-2H3. The van der Waals surface area contributed by atoms with Crippen molar-refractivity contribution >= 4 is 20.2 Å². The van der Waals surface area contributed by atoms with Crippen LogP contribution < -0.4 is 0 Å². The van der Waals surface area contributed by atoms with Gasteiger partial charge in [0.05, 0.1) is 12.5 Å². The molecule has 0 aromatic heterocycles. The molecule has 0 N–H and O–H groups in total. The second-order valence-electron chi connectivity index (χ2n) is 10.6. The maximum atomic E-state index is 10.0. The van der Waals surface area contributed by atoms with Gasteiger partial charge in [-0.3, -0.25) is 0 Å². The van der Waals surface area contributed by atoms with Crippen LogP contribution in [0.25, 0.3) is 0 Å². The molecule has 2 aliphatic rings. The topological polar surface area (TPSA) is 84.0 Å². The molecule has 0 aromatic carbocycles. The molecule has 0 radical (unpaired) electrons. The lowest BCUT2D eigenvalue weighted by Gasteiger charge is -2.20. The highest BCUT2D eigenvalue weighted by Gasteiger charge is 2.18. The Kier molecular flexibility index (Phi) is 21.6. The molecule has 2 fully saturated rings. The van der Waals surface area contributed by atoms with Gasteiger partial charge in [0.15, 0.2) is 0 Å². The van der Waals surface area contributed by atoms with Gasteiger partial charge in [0.2, 0.25) is 0 Å². The van der Waals surface area contributed by atoms with E-state index in [2.05, 4.69) is 34.2 Å². The third-order valence-electron chi connectivity index (χ3n) is 6.76. The van der Waals surface area contributed by atoms with E-state index in [-0.39, 0.29) is 0 Å². The number of hydrogen-bond donors (Lipinski definition) is 0. The first kappa shape index (κ1) is 35.8. The lowest BCUT2D eigenvalue weighted by Crippen LogP contribution is -2.27. The zero-order valence-corrected chi connectivity index (χ0v) is 25.8. The van der Waals surface area contributed by atoms with Crippen molar-refractivity contribution in [3.63, 3.8) is 0 Å². The first-order valence-corrected chi connectivity index (χ1v) is 18.2. The van der Waals surface area contributed by atoms with E-state index in [9.17, 15) is 16.8 Å². The van der Waals surface area contributed by atoms with E-state index in [0.717, 1.165) is 6.04 Å². The van der Waals surface area contributed by atoms with E-state index in [4.69, 9.17) is 0 Å². The van der Waals surface area contributed by atoms with Crippen LogP contribution in [-0.4, -0.2) is 77.9 Å². The molecule has 0 aliphatic carbocycles. The summed E-state index contributed by atoms with van der Waals surface area (Å²) in [5.74, 6) is 0. The Morgan fingerprint density at radius 2 is 1.08 bits per heavy atom. The van der Waals surface area contributed by atoms with Crippen molar-refractivity contribution in [1.29, 1.82) is 0 Å². The van der Waals surface area contributed by atoms with Crippen LogP contribution in [0.15, 0.2) is 0 Å². The largest absolute Gasteiger partial charge is 0.303 e. The summed E-state index contributed by atoms with van der Waals surface area (Å²) in [5.41, 5.74) is 0. The van der Waals surface area contributed by atoms with Crippen LogP contribution in [0.2, 0.25) is 0 Å². The molecular formula is C27H58N2O5S2. The Morgan fingerprint density at radius 3 is 1.47 bits per heavy atom. The molecule has 0 bridgehead atoms. The van der Waals surface area contributed by atoms with Crippen molar-refractivity contribution in [1.82, 2.24) is 9.80 Å². The molecule has 0 saturated carbocycles. The second-order valence-corrected chi connectivity index (χ2v) is 13.9. The van der Waals surface area contributed by atoms with E-state index < -0.39 is 20.2 Å². The van der Waals surface area contributed by atoms with Crippen LogP contribution in [0.5, 0.6) is 0 Å². The van der Waals surface area contributed by atoms with Crippen molar-refractivity contribution < 1.29 is 20.5 Å². The number of unbranched alkanes of at least 4 members (excludes halogenated alkanes) is 10. The molecule has 7 nitrogen and oxygen atoms in total. The minimum atomic E-state index is -3.87. The third kappa shape index (κ3) is 24.1. The van der Waals surface area contributed by atoms with Crippen molar-refractivity contribution in [2.75, 3.05) is 45.2 Å². The molecule has 0 aromatic rings. The molecule has 1 atom stereocenters. The number of rotatable bonds is 16. The molecular weight excluding hydrogens is 496 g/mol. The fourth-order valence-electron chi connectivity index (χ4n) is 4.77. The Balaban J connectivity index is 0.000000524. The predicted octanol–water partition coefficient (Wildman–Crippen LogP) is 6.20. The zero-order chi connectivity index (χ0) is 27.3. The quantitative estimate of drug-likeness (QED) is 0.210. The third-order valence-corrected chi connectivity index (χ3v) is 8.74. The Morgan fingerprint density at radius 1 is 0.639 bits per heavy atom. The molecule has 2 aliphatic heterocycles. The monoisotopic (exact) mass is 554 g/mol. The number of likely N-dealkylation sites (tertiary alicyclic amines) is 2. The van der Waals surface area contributed by atoms with Crippen LogP contribution in [0.3, 0.4) is 0 Å². The van der Waals surface area contributed by atoms with Gasteiger partial charge in [0.25, 0.3) is 20.2 Å². The molecule has 2 saturated heterocycles. The fourth-order valence-corrected chi connectivity index (χ4v) is 6.56. The molecule has 218 valence electrons. The van der Waals surface area contributed by atoms with Crippen LogP contribution in [0.1, 0.15) is 124 Å². The highest BCUT2D eigenvalue weighted by atomic mass is 32.3. The molecule has 9 heteroatoms. The highest BCUT2D eigenvalue weighted by molar-refractivity contribution is 7.99. The van der Waals surface area contributed by atoms with Crippen LogP contribution in [-0.2, 0) is 23.9 Å². The average Bonchev–Trinajstić information content (AvgIpc) is 3.43. The van der Waals surface area contributed by atoms with Crippen LogP contribution in [0, 0.1) is 0 Å². The van der Waals surface area contributed by atoms with Gasteiger partial charge in [0, 0.05) is 6.04 Å². The zero-order valence-electron chi connectivity index (χ0n) is 24.2. The van der Waals surface area contributed by atoms with Crippen molar-refractivity contribution in [3.8, 4) is 0 Å². The van der Waals surface area contributed by atoms with Gasteiger partial charge in [-0.25, -0.2) is 0 Å². The van der Waals surface area contributed by atoms with Crippen LogP contribution in [0.4, 0.5) is 0 Å². The van der Waals surface area contributed by atoms with Crippen molar-refractivity contribution in [3.05, 3.63) is 0 Å². The van der Waals surface area contributed by atoms with Gasteiger partial charge >= 0.3 is 0 Å². The average molecular weight is 555 g/mol. The smallest absolute Gasteiger partial charge is 0.278 e. The maximum absolute atomic E-state index is 10.0. The molecule has 2 rings (SSSR count). The van der Waals surface area contributed by atoms with Crippen LogP contribution >= 0.6 is 0 Å². The predicted molar refractivity (Wildman–Crippen MR) is 153 cm³/mol. The normalized spacial score (nSPS) is 19.0. The second kappa shape index (κ2) is 21.7. The van der Waals surface area contributed by atoms with Gasteiger partial charge < -0.3 is 9.80 Å². The fraction of sp³-hybridized carbons (Fsp3) is 1.00. The minimum absolute atomic E-state index is 0.661. The summed E-state index contributed by atoms with van der Waals surface area (Å²) >= 11 is 0. The Bertz CT molecular complexity index is 678. The summed E-state index contributed by atoms with van der Waals surface area (Å²) in [7, 11) is -7.74. The van der Waals surface area contributed by atoms with E-state index in [1.807, 2.05) is 0 Å². The van der Waals surface area contributed by atoms with Crippen molar-refractivity contribution in [2.24, 2.45) is 0 Å². The van der Waals surface area contributed by atoms with E-state index in [0.29, 0.717) is 12.5 Å². The van der Waals surface area contributed by atoms with Gasteiger partial charge in [-0.2, -0.15) is 16.8 Å². The van der Waals surface area contributed by atoms with Gasteiger partial charge in [-0.1, -0.05) is 78.1 Å². The number of nitrogens with zero attached hydrogens (tertiary/aromatic N) is 2. The summed E-state index contributed by atoms with van der Waals surface area (Å²) in [6.07, 6.45) is 24.2. The molecule has 0 spiro atoms. The highest BCUT2D eigenvalue weighted by Crippen LogP contribution is 2.17.